The molecular formula is C22H22N4O6. The Labute approximate surface area is 183 Å². The van der Waals surface area contributed by atoms with Gasteiger partial charge < -0.3 is 20.4 Å². The van der Waals surface area contributed by atoms with Gasteiger partial charge in [-0.25, -0.2) is 9.59 Å². The van der Waals surface area contributed by atoms with Crippen molar-refractivity contribution in [1.82, 2.24) is 19.6 Å². The number of phenols is 4. The van der Waals surface area contributed by atoms with Crippen LogP contribution in [0.2, 0.25) is 0 Å². The molecule has 166 valence electrons. The molecule has 0 unspecified atom stereocenters. The molecule has 2 aromatic carbocycles. The number of benzene rings is 2. The average Bonchev–Trinajstić information content (AvgIpc) is 2.93. The molecule has 0 aromatic heterocycles. The van der Waals surface area contributed by atoms with Crippen LogP contribution in [0.5, 0.6) is 23.0 Å². The van der Waals surface area contributed by atoms with E-state index in [0.717, 1.165) is 0 Å². The van der Waals surface area contributed by atoms with Crippen molar-refractivity contribution >= 4 is 12.1 Å². The van der Waals surface area contributed by atoms with Crippen LogP contribution in [0.25, 0.3) is 0 Å². The molecular weight excluding hydrogens is 416 g/mol. The molecule has 0 aliphatic carbocycles. The Hall–Kier alpha value is -3.82. The summed E-state index contributed by atoms with van der Waals surface area (Å²) in [5, 5.41) is 42.0. The third-order valence-electron chi connectivity index (χ3n) is 7.95. The lowest BCUT2D eigenvalue weighted by atomic mass is 9.95. The van der Waals surface area contributed by atoms with Gasteiger partial charge in [0.25, 0.3) is 0 Å². The van der Waals surface area contributed by atoms with Crippen LogP contribution in [0.15, 0.2) is 24.3 Å². The second kappa shape index (κ2) is 5.50. The van der Waals surface area contributed by atoms with Crippen molar-refractivity contribution < 1.29 is 30.0 Å². The Morgan fingerprint density at radius 3 is 1.00 bits per heavy atom. The van der Waals surface area contributed by atoms with E-state index in [1.54, 1.807) is 33.4 Å². The van der Waals surface area contributed by atoms with E-state index in [2.05, 4.69) is 0 Å². The fourth-order valence-electron chi connectivity index (χ4n) is 5.91. The van der Waals surface area contributed by atoms with Gasteiger partial charge in [-0.05, 0) is 38.1 Å². The minimum absolute atomic E-state index is 0.00743. The normalized spacial score (nSPS) is 27.8. The molecule has 4 heterocycles. The summed E-state index contributed by atoms with van der Waals surface area (Å²) in [5.74, 6) is -0.223. The Morgan fingerprint density at radius 2 is 0.781 bits per heavy atom. The molecule has 4 aliphatic heterocycles. The minimum Gasteiger partial charge on any atom is -0.508 e. The first kappa shape index (κ1) is 18.9. The van der Waals surface area contributed by atoms with Crippen LogP contribution in [0.4, 0.5) is 9.59 Å². The Morgan fingerprint density at radius 1 is 0.562 bits per heavy atom. The zero-order chi connectivity index (χ0) is 22.7. The highest BCUT2D eigenvalue weighted by Gasteiger charge is 2.75. The standard InChI is InChI=1S/C22H22N4O6/c1-21-22(2)25-9-13-14(18(30)6-5-17(13)29)10-26(22)20(32)24(21)8-12-11(7-23(21)19(25)31)15(27)3-4-16(12)28/h3-6,27-30H,7-10H2,1-2H3. The van der Waals surface area contributed by atoms with Crippen molar-refractivity contribution in [2.75, 3.05) is 0 Å². The number of aromatic hydroxyl groups is 4. The first-order valence-electron chi connectivity index (χ1n) is 10.3. The van der Waals surface area contributed by atoms with Gasteiger partial charge in [0.1, 0.15) is 23.0 Å². The number of carbonyl (C=O) groups excluding carboxylic acids is 2. The topological polar surface area (TPSA) is 128 Å². The number of hydrogen-bond donors (Lipinski definition) is 4. The third kappa shape index (κ3) is 1.83. The van der Waals surface area contributed by atoms with Crippen LogP contribution in [-0.4, -0.2) is 63.4 Å². The van der Waals surface area contributed by atoms with Gasteiger partial charge >= 0.3 is 12.1 Å². The molecule has 4 amide bonds. The number of rotatable bonds is 0. The van der Waals surface area contributed by atoms with Gasteiger partial charge in [-0.2, -0.15) is 0 Å². The van der Waals surface area contributed by atoms with Crippen LogP contribution in [0.1, 0.15) is 36.1 Å². The summed E-state index contributed by atoms with van der Waals surface area (Å²) in [6.45, 7) is 3.64. The predicted molar refractivity (Wildman–Crippen MR) is 109 cm³/mol. The van der Waals surface area contributed by atoms with E-state index in [0.29, 0.717) is 22.3 Å². The summed E-state index contributed by atoms with van der Waals surface area (Å²) >= 11 is 0. The SMILES string of the molecule is CC12N3Cc4c(O)ccc(O)c4CN1C(=O)N1Cc4c(O)ccc(O)c4CN(C3=O)C12C. The van der Waals surface area contributed by atoms with Crippen molar-refractivity contribution in [2.45, 2.75) is 51.4 Å². The van der Waals surface area contributed by atoms with E-state index in [9.17, 15) is 30.0 Å². The highest BCUT2D eigenvalue weighted by Crippen LogP contribution is 2.57. The molecule has 10 nitrogen and oxygen atoms in total. The molecule has 32 heavy (non-hydrogen) atoms. The summed E-state index contributed by atoms with van der Waals surface area (Å²) in [6, 6.07) is 4.75. The molecule has 0 saturated carbocycles. The number of hydrogen-bond acceptors (Lipinski definition) is 6. The van der Waals surface area contributed by atoms with E-state index in [1.807, 2.05) is 0 Å². The lowest BCUT2D eigenvalue weighted by Gasteiger charge is -2.44. The lowest BCUT2D eigenvalue weighted by molar-refractivity contribution is -0.0429. The third-order valence-corrected chi connectivity index (χ3v) is 7.95. The second-order valence-electron chi connectivity index (χ2n) is 9.07. The maximum atomic E-state index is 13.8. The average molecular weight is 438 g/mol. The second-order valence-corrected chi connectivity index (χ2v) is 9.07. The Balaban J connectivity index is 1.61. The zero-order valence-electron chi connectivity index (χ0n) is 17.5. The fraction of sp³-hybridized carbons (Fsp3) is 0.364. The quantitative estimate of drug-likeness (QED) is 0.467. The number of carbonyl (C=O) groups is 2. The van der Waals surface area contributed by atoms with Crippen molar-refractivity contribution in [2.24, 2.45) is 0 Å². The summed E-state index contributed by atoms with van der Waals surface area (Å²) in [5.41, 5.74) is -0.671. The maximum Gasteiger partial charge on any atom is 0.324 e. The summed E-state index contributed by atoms with van der Waals surface area (Å²) in [4.78, 5) is 33.7. The van der Waals surface area contributed by atoms with Gasteiger partial charge in [0.05, 0.1) is 26.2 Å². The maximum absolute atomic E-state index is 13.8. The number of fused-ring (bicyclic) bond motifs is 2. The first-order valence-corrected chi connectivity index (χ1v) is 10.3. The van der Waals surface area contributed by atoms with Crippen LogP contribution < -0.4 is 0 Å². The van der Waals surface area contributed by atoms with Gasteiger partial charge in [0.2, 0.25) is 0 Å². The molecule has 6 rings (SSSR count). The lowest BCUT2D eigenvalue weighted by Crippen LogP contribution is -2.63. The van der Waals surface area contributed by atoms with Crippen molar-refractivity contribution in [3.8, 4) is 23.0 Å². The summed E-state index contributed by atoms with van der Waals surface area (Å²) in [6.07, 6.45) is 0. The largest absolute Gasteiger partial charge is 0.508 e. The predicted octanol–water partition coefficient (Wildman–Crippen LogP) is 2.14. The van der Waals surface area contributed by atoms with Crippen LogP contribution in [0.3, 0.4) is 0 Å². The van der Waals surface area contributed by atoms with Crippen LogP contribution in [0, 0.1) is 0 Å². The zero-order valence-corrected chi connectivity index (χ0v) is 17.5. The monoisotopic (exact) mass is 438 g/mol. The first-order chi connectivity index (χ1) is 15.1. The van der Waals surface area contributed by atoms with Crippen LogP contribution in [-0.2, 0) is 26.2 Å². The van der Waals surface area contributed by atoms with Crippen molar-refractivity contribution in [3.05, 3.63) is 46.5 Å². The highest BCUT2D eigenvalue weighted by atomic mass is 16.3. The molecule has 0 bridgehead atoms. The van der Waals surface area contributed by atoms with E-state index in [1.165, 1.54) is 24.3 Å². The molecule has 0 spiro atoms. The smallest absolute Gasteiger partial charge is 0.324 e. The molecule has 4 N–H and O–H groups in total. The molecule has 10 heteroatoms. The Bertz CT molecular complexity index is 1070. The van der Waals surface area contributed by atoms with Gasteiger partial charge in [0, 0.05) is 22.3 Å². The minimum atomic E-state index is -1.13. The van der Waals surface area contributed by atoms with Gasteiger partial charge in [0.15, 0.2) is 11.3 Å². The van der Waals surface area contributed by atoms with E-state index >= 15 is 0 Å². The highest BCUT2D eigenvalue weighted by molar-refractivity contribution is 5.89. The van der Waals surface area contributed by atoms with E-state index in [4.69, 9.17) is 0 Å². The summed E-state index contributed by atoms with van der Waals surface area (Å²) in [7, 11) is 0. The summed E-state index contributed by atoms with van der Waals surface area (Å²) < 4.78 is 0. The number of urea groups is 2. The number of amides is 4. The van der Waals surface area contributed by atoms with E-state index in [-0.39, 0.29) is 61.2 Å². The molecule has 2 fully saturated rings. The van der Waals surface area contributed by atoms with Crippen molar-refractivity contribution in [1.29, 1.82) is 0 Å². The van der Waals surface area contributed by atoms with Gasteiger partial charge in [-0.3, -0.25) is 19.6 Å². The number of phenolic OH excluding ortho intramolecular Hbond substituents is 4. The van der Waals surface area contributed by atoms with Crippen LogP contribution >= 0.6 is 0 Å². The van der Waals surface area contributed by atoms with Gasteiger partial charge in [-0.15, -0.1) is 0 Å². The molecule has 2 saturated heterocycles. The van der Waals surface area contributed by atoms with Gasteiger partial charge in [-0.1, -0.05) is 0 Å². The fourth-order valence-corrected chi connectivity index (χ4v) is 5.91. The molecule has 2 aromatic rings. The van der Waals surface area contributed by atoms with Crippen molar-refractivity contribution in [3.63, 3.8) is 0 Å². The van der Waals surface area contributed by atoms with E-state index < -0.39 is 11.3 Å². The molecule has 0 atom stereocenters. The molecule has 4 aliphatic rings. The Kier molecular flexibility index (Phi) is 3.25. The number of nitrogens with zero attached hydrogens (tertiary/aromatic N) is 4. The molecule has 0 radical (unpaired) electrons.